The van der Waals surface area contributed by atoms with Gasteiger partial charge in [0.25, 0.3) is 0 Å². The van der Waals surface area contributed by atoms with Crippen LogP contribution in [0.5, 0.6) is 0 Å². The normalized spacial score (nSPS) is 20.8. The van der Waals surface area contributed by atoms with Gasteiger partial charge in [-0.15, -0.1) is 0 Å². The average molecular weight is 170 g/mol. The first kappa shape index (κ1) is 8.31. The third-order valence-electron chi connectivity index (χ3n) is 2.68. The van der Waals surface area contributed by atoms with Crippen molar-refractivity contribution in [1.29, 1.82) is 0 Å². The first-order chi connectivity index (χ1) is 6.31. The van der Waals surface area contributed by atoms with Crippen LogP contribution in [0.15, 0.2) is 58.7 Å². The molecule has 2 aliphatic carbocycles. The van der Waals surface area contributed by atoms with Gasteiger partial charge in [-0.05, 0) is 42.6 Å². The highest BCUT2D eigenvalue weighted by molar-refractivity contribution is 5.58. The predicted molar refractivity (Wildman–Crippen MR) is 57.4 cm³/mol. The summed E-state index contributed by atoms with van der Waals surface area (Å²) in [6.07, 6.45) is 14.3. The van der Waals surface area contributed by atoms with Crippen LogP contribution in [-0.4, -0.2) is 0 Å². The fourth-order valence-corrected chi connectivity index (χ4v) is 1.57. The molecule has 0 aromatic carbocycles. The molecule has 13 heavy (non-hydrogen) atoms. The summed E-state index contributed by atoms with van der Waals surface area (Å²) >= 11 is 0. The van der Waals surface area contributed by atoms with Crippen molar-refractivity contribution in [1.82, 2.24) is 0 Å². The zero-order valence-electron chi connectivity index (χ0n) is 8.17. The lowest BCUT2D eigenvalue weighted by Gasteiger charge is -2.07. The van der Waals surface area contributed by atoms with Crippen LogP contribution in [0.2, 0.25) is 0 Å². The number of hydrogen-bond acceptors (Lipinski definition) is 0. The van der Waals surface area contributed by atoms with Gasteiger partial charge in [0.1, 0.15) is 0 Å². The van der Waals surface area contributed by atoms with E-state index in [-0.39, 0.29) is 0 Å². The molecule has 0 spiro atoms. The van der Waals surface area contributed by atoms with E-state index in [2.05, 4.69) is 50.3 Å². The molecule has 0 bridgehead atoms. The molecule has 0 unspecified atom stereocenters. The Morgan fingerprint density at radius 2 is 2.23 bits per heavy atom. The molecule has 0 heterocycles. The van der Waals surface area contributed by atoms with Crippen LogP contribution in [0.3, 0.4) is 0 Å². The quantitative estimate of drug-likeness (QED) is 0.592. The van der Waals surface area contributed by atoms with Crippen LogP contribution in [-0.2, 0) is 0 Å². The zero-order chi connectivity index (χ0) is 9.26. The van der Waals surface area contributed by atoms with Crippen molar-refractivity contribution in [2.45, 2.75) is 20.3 Å². The molecule has 2 aliphatic rings. The largest absolute Gasteiger partial charge is 0.0841 e. The minimum absolute atomic E-state index is 1.09. The standard InChI is InChI=1S/C13H14/c1-3-10(2)12-7-8-13(9-12)11-5-4-6-11/h3-7,9H,8H2,1-2H3/b10-3-. The monoisotopic (exact) mass is 170 g/mol. The second kappa shape index (κ2) is 3.21. The first-order valence-corrected chi connectivity index (χ1v) is 4.74. The summed E-state index contributed by atoms with van der Waals surface area (Å²) in [4.78, 5) is 0. The van der Waals surface area contributed by atoms with E-state index in [0.717, 1.165) is 6.42 Å². The Morgan fingerprint density at radius 1 is 1.46 bits per heavy atom. The lowest BCUT2D eigenvalue weighted by atomic mass is 9.98. The van der Waals surface area contributed by atoms with Crippen LogP contribution >= 0.6 is 0 Å². The van der Waals surface area contributed by atoms with Gasteiger partial charge in [-0.2, -0.15) is 0 Å². The van der Waals surface area contributed by atoms with E-state index in [9.17, 15) is 0 Å². The Balaban J connectivity index is 2.15. The molecule has 0 heteroatoms. The molecule has 0 N–H and O–H groups in total. The van der Waals surface area contributed by atoms with Crippen molar-refractivity contribution >= 4 is 0 Å². The maximum absolute atomic E-state index is 2.30. The third-order valence-corrected chi connectivity index (χ3v) is 2.68. The highest BCUT2D eigenvalue weighted by atomic mass is 14.2. The molecule has 0 aliphatic heterocycles. The van der Waals surface area contributed by atoms with Gasteiger partial charge in [0.15, 0.2) is 0 Å². The maximum Gasteiger partial charge on any atom is -0.00822 e. The van der Waals surface area contributed by atoms with Crippen LogP contribution in [0.4, 0.5) is 0 Å². The molecule has 0 saturated heterocycles. The molecular weight excluding hydrogens is 156 g/mol. The molecular formula is C13H14. The topological polar surface area (TPSA) is 0 Å². The van der Waals surface area contributed by atoms with E-state index in [1.807, 2.05) is 0 Å². The molecule has 0 atom stereocenters. The second-order valence-corrected chi connectivity index (χ2v) is 3.49. The Kier molecular flexibility index (Phi) is 2.05. The number of rotatable bonds is 2. The zero-order valence-corrected chi connectivity index (χ0v) is 8.17. The summed E-state index contributed by atoms with van der Waals surface area (Å²) in [5.41, 5.74) is 5.62. The predicted octanol–water partition coefficient (Wildman–Crippen LogP) is 3.71. The Bertz CT molecular complexity index is 371. The minimum atomic E-state index is 1.09. The number of hydrogen-bond donors (Lipinski definition) is 0. The van der Waals surface area contributed by atoms with Crippen LogP contribution in [0.1, 0.15) is 20.3 Å². The summed E-state index contributed by atoms with van der Waals surface area (Å²) < 4.78 is 0. The fourth-order valence-electron chi connectivity index (χ4n) is 1.57. The van der Waals surface area contributed by atoms with Gasteiger partial charge in [0.2, 0.25) is 0 Å². The van der Waals surface area contributed by atoms with Crippen LogP contribution in [0, 0.1) is 0 Å². The van der Waals surface area contributed by atoms with Crippen molar-refractivity contribution in [3.63, 3.8) is 0 Å². The molecule has 66 valence electrons. The summed E-state index contributed by atoms with van der Waals surface area (Å²) in [5, 5.41) is 0. The molecule has 2 rings (SSSR count). The van der Waals surface area contributed by atoms with E-state index in [0.29, 0.717) is 0 Å². The number of allylic oxidation sites excluding steroid dienone is 10. The molecule has 0 radical (unpaired) electrons. The minimum Gasteiger partial charge on any atom is -0.0841 e. The average Bonchev–Trinajstić information content (AvgIpc) is 2.49. The molecule has 0 fully saturated rings. The van der Waals surface area contributed by atoms with Crippen LogP contribution < -0.4 is 0 Å². The van der Waals surface area contributed by atoms with Crippen molar-refractivity contribution < 1.29 is 0 Å². The molecule has 0 amide bonds. The lowest BCUT2D eigenvalue weighted by Crippen LogP contribution is -1.87. The maximum atomic E-state index is 2.30. The summed E-state index contributed by atoms with van der Waals surface area (Å²) in [5.74, 6) is 0. The molecule has 0 nitrogen and oxygen atoms in total. The van der Waals surface area contributed by atoms with E-state index in [1.165, 1.54) is 22.3 Å². The van der Waals surface area contributed by atoms with E-state index in [4.69, 9.17) is 0 Å². The van der Waals surface area contributed by atoms with Gasteiger partial charge in [0.05, 0.1) is 0 Å². The van der Waals surface area contributed by atoms with Gasteiger partial charge in [-0.3, -0.25) is 0 Å². The van der Waals surface area contributed by atoms with Crippen molar-refractivity contribution in [3.8, 4) is 0 Å². The molecule has 0 aromatic rings. The summed E-state index contributed by atoms with van der Waals surface area (Å²) in [6.45, 7) is 4.25. The highest BCUT2D eigenvalue weighted by Crippen LogP contribution is 2.30. The van der Waals surface area contributed by atoms with Gasteiger partial charge in [0, 0.05) is 0 Å². The lowest BCUT2D eigenvalue weighted by molar-refractivity contribution is 1.27. The van der Waals surface area contributed by atoms with Crippen molar-refractivity contribution in [2.75, 3.05) is 0 Å². The van der Waals surface area contributed by atoms with E-state index >= 15 is 0 Å². The van der Waals surface area contributed by atoms with Gasteiger partial charge in [-0.25, -0.2) is 0 Å². The smallest absolute Gasteiger partial charge is 0.00822 e. The Labute approximate surface area is 79.7 Å². The second-order valence-electron chi connectivity index (χ2n) is 3.49. The van der Waals surface area contributed by atoms with E-state index in [1.54, 1.807) is 0 Å². The Hall–Kier alpha value is -1.30. The van der Waals surface area contributed by atoms with Crippen molar-refractivity contribution in [2.24, 2.45) is 0 Å². The third kappa shape index (κ3) is 1.44. The Morgan fingerprint density at radius 3 is 2.77 bits per heavy atom. The van der Waals surface area contributed by atoms with Gasteiger partial charge >= 0.3 is 0 Å². The molecule has 0 aromatic heterocycles. The SMILES string of the molecule is C/C=C(/C)C1=CCC(C2=CC=C2)=C1. The fraction of sp³-hybridized carbons (Fsp3) is 0.231. The van der Waals surface area contributed by atoms with E-state index < -0.39 is 0 Å². The van der Waals surface area contributed by atoms with Crippen LogP contribution in [0.25, 0.3) is 0 Å². The molecule has 0 saturated carbocycles. The summed E-state index contributed by atoms with van der Waals surface area (Å²) in [6, 6.07) is 0. The van der Waals surface area contributed by atoms with Gasteiger partial charge < -0.3 is 0 Å². The first-order valence-electron chi connectivity index (χ1n) is 4.74. The highest BCUT2D eigenvalue weighted by Gasteiger charge is 2.11. The summed E-state index contributed by atoms with van der Waals surface area (Å²) in [7, 11) is 0. The van der Waals surface area contributed by atoms with Crippen molar-refractivity contribution in [3.05, 3.63) is 58.7 Å². The van der Waals surface area contributed by atoms with Gasteiger partial charge in [-0.1, -0.05) is 36.5 Å².